The van der Waals surface area contributed by atoms with Gasteiger partial charge < -0.3 is 19.4 Å². The van der Waals surface area contributed by atoms with Gasteiger partial charge in [0.15, 0.2) is 11.5 Å². The SMILES string of the molecule is CCC(C)(C)Oc1cc2[nH]c3ccnc(N4CCCC4)c3c2cc1OC. The molecule has 0 atom stereocenters. The molecule has 0 spiro atoms. The number of ether oxygens (including phenoxy) is 2. The minimum Gasteiger partial charge on any atom is -0.493 e. The number of nitrogens with zero attached hydrogens (tertiary/aromatic N) is 2. The second-order valence-electron chi connectivity index (χ2n) is 7.64. The quantitative estimate of drug-likeness (QED) is 0.709. The highest BCUT2D eigenvalue weighted by atomic mass is 16.5. The number of pyridine rings is 1. The molecule has 0 aliphatic carbocycles. The average molecular weight is 353 g/mol. The average Bonchev–Trinajstić information content (AvgIpc) is 3.28. The van der Waals surface area contributed by atoms with Gasteiger partial charge >= 0.3 is 0 Å². The Balaban J connectivity index is 1.90. The molecule has 1 fully saturated rings. The van der Waals surface area contributed by atoms with Crippen LogP contribution in [0.2, 0.25) is 0 Å². The monoisotopic (exact) mass is 353 g/mol. The van der Waals surface area contributed by atoms with Gasteiger partial charge in [0.2, 0.25) is 0 Å². The van der Waals surface area contributed by atoms with E-state index in [9.17, 15) is 0 Å². The highest BCUT2D eigenvalue weighted by Gasteiger charge is 2.23. The van der Waals surface area contributed by atoms with E-state index in [0.717, 1.165) is 53.2 Å². The first-order chi connectivity index (χ1) is 12.5. The number of methoxy groups -OCH3 is 1. The molecule has 1 aliphatic heterocycles. The normalized spacial score (nSPS) is 15.2. The number of H-pyrrole nitrogens is 1. The second kappa shape index (κ2) is 6.38. The zero-order valence-electron chi connectivity index (χ0n) is 16.1. The first kappa shape index (κ1) is 17.0. The summed E-state index contributed by atoms with van der Waals surface area (Å²) in [6.45, 7) is 8.46. The molecule has 0 saturated carbocycles. The van der Waals surface area contributed by atoms with Gasteiger partial charge in [-0.25, -0.2) is 4.98 Å². The van der Waals surface area contributed by atoms with Crippen molar-refractivity contribution < 1.29 is 9.47 Å². The van der Waals surface area contributed by atoms with Crippen LogP contribution in [0.3, 0.4) is 0 Å². The Morgan fingerprint density at radius 2 is 1.92 bits per heavy atom. The smallest absolute Gasteiger partial charge is 0.164 e. The van der Waals surface area contributed by atoms with Crippen LogP contribution < -0.4 is 14.4 Å². The number of benzene rings is 1. The van der Waals surface area contributed by atoms with Gasteiger partial charge in [-0.3, -0.25) is 0 Å². The molecule has 3 aromatic rings. The van der Waals surface area contributed by atoms with E-state index in [-0.39, 0.29) is 5.60 Å². The Morgan fingerprint density at radius 1 is 1.15 bits per heavy atom. The maximum Gasteiger partial charge on any atom is 0.164 e. The molecule has 5 nitrogen and oxygen atoms in total. The third-order valence-corrected chi connectivity index (χ3v) is 5.42. The van der Waals surface area contributed by atoms with Gasteiger partial charge in [0.05, 0.1) is 23.5 Å². The summed E-state index contributed by atoms with van der Waals surface area (Å²) in [5.74, 6) is 2.60. The van der Waals surface area contributed by atoms with Crippen LogP contribution >= 0.6 is 0 Å². The zero-order valence-corrected chi connectivity index (χ0v) is 16.1. The third kappa shape index (κ3) is 2.85. The number of nitrogens with one attached hydrogen (secondary N) is 1. The Bertz CT molecular complexity index is 939. The van der Waals surface area contributed by atoms with Crippen LogP contribution in [0.4, 0.5) is 5.82 Å². The lowest BCUT2D eigenvalue weighted by Crippen LogP contribution is -2.27. The van der Waals surface area contributed by atoms with E-state index in [1.807, 2.05) is 12.3 Å². The molecular weight excluding hydrogens is 326 g/mol. The van der Waals surface area contributed by atoms with Crippen LogP contribution in [0.1, 0.15) is 40.0 Å². The fraction of sp³-hybridized carbons (Fsp3) is 0.476. The van der Waals surface area contributed by atoms with E-state index in [0.29, 0.717) is 0 Å². The van der Waals surface area contributed by atoms with E-state index in [1.165, 1.54) is 18.2 Å². The van der Waals surface area contributed by atoms with E-state index < -0.39 is 0 Å². The second-order valence-corrected chi connectivity index (χ2v) is 7.64. The molecule has 1 aromatic carbocycles. The summed E-state index contributed by atoms with van der Waals surface area (Å²) in [5.41, 5.74) is 1.91. The number of anilines is 1. The molecule has 138 valence electrons. The van der Waals surface area contributed by atoms with Crippen molar-refractivity contribution in [3.8, 4) is 11.5 Å². The summed E-state index contributed by atoms with van der Waals surface area (Å²) in [4.78, 5) is 10.6. The zero-order chi connectivity index (χ0) is 18.3. The maximum atomic E-state index is 6.24. The van der Waals surface area contributed by atoms with Crippen molar-refractivity contribution in [2.24, 2.45) is 0 Å². The minimum absolute atomic E-state index is 0.241. The van der Waals surface area contributed by atoms with Crippen LogP contribution in [-0.4, -0.2) is 35.8 Å². The molecule has 0 unspecified atom stereocenters. The van der Waals surface area contributed by atoms with E-state index >= 15 is 0 Å². The molecule has 26 heavy (non-hydrogen) atoms. The van der Waals surface area contributed by atoms with Gasteiger partial charge in [-0.15, -0.1) is 0 Å². The first-order valence-corrected chi connectivity index (χ1v) is 9.45. The molecule has 0 bridgehead atoms. The summed E-state index contributed by atoms with van der Waals surface area (Å²) in [7, 11) is 1.70. The maximum absolute atomic E-state index is 6.24. The molecule has 2 aromatic heterocycles. The summed E-state index contributed by atoms with van der Waals surface area (Å²) < 4.78 is 11.9. The standard InChI is InChI=1S/C21H27N3O2/c1-5-21(2,3)26-18-13-16-14(12-17(18)25-4)19-15(23-16)8-9-22-20(19)24-10-6-7-11-24/h8-9,12-13,23H,5-7,10-11H2,1-4H3. The highest BCUT2D eigenvalue weighted by Crippen LogP contribution is 2.40. The number of hydrogen-bond donors (Lipinski definition) is 1. The van der Waals surface area contributed by atoms with Crippen LogP contribution in [0.15, 0.2) is 24.4 Å². The van der Waals surface area contributed by atoms with Gasteiger partial charge in [0.1, 0.15) is 11.4 Å². The van der Waals surface area contributed by atoms with E-state index in [1.54, 1.807) is 7.11 Å². The molecule has 0 amide bonds. The predicted octanol–water partition coefficient (Wildman–Crippen LogP) is 4.89. The summed E-state index contributed by atoms with van der Waals surface area (Å²) >= 11 is 0. The van der Waals surface area contributed by atoms with Crippen LogP contribution in [0.5, 0.6) is 11.5 Å². The summed E-state index contributed by atoms with van der Waals surface area (Å²) in [5, 5.41) is 2.30. The molecule has 0 radical (unpaired) electrons. The van der Waals surface area contributed by atoms with Crippen molar-refractivity contribution in [3.05, 3.63) is 24.4 Å². The first-order valence-electron chi connectivity index (χ1n) is 9.45. The Morgan fingerprint density at radius 3 is 2.62 bits per heavy atom. The van der Waals surface area contributed by atoms with Crippen molar-refractivity contribution in [3.63, 3.8) is 0 Å². The Kier molecular flexibility index (Phi) is 4.17. The third-order valence-electron chi connectivity index (χ3n) is 5.42. The van der Waals surface area contributed by atoms with Crippen molar-refractivity contribution in [2.45, 2.75) is 45.6 Å². The molecule has 1 aliphatic rings. The summed E-state index contributed by atoms with van der Waals surface area (Å²) in [6, 6.07) is 6.17. The Labute approximate surface area is 154 Å². The molecule has 5 heteroatoms. The van der Waals surface area contributed by atoms with Crippen LogP contribution in [0, 0.1) is 0 Å². The Hall–Kier alpha value is -2.43. The van der Waals surface area contributed by atoms with Gasteiger partial charge in [0, 0.05) is 30.7 Å². The molecule has 1 N–H and O–H groups in total. The fourth-order valence-electron chi connectivity index (χ4n) is 3.61. The number of hydrogen-bond acceptors (Lipinski definition) is 4. The lowest BCUT2D eigenvalue weighted by molar-refractivity contribution is 0.101. The van der Waals surface area contributed by atoms with Crippen molar-refractivity contribution >= 4 is 27.6 Å². The van der Waals surface area contributed by atoms with E-state index in [4.69, 9.17) is 14.5 Å². The molecule has 3 heterocycles. The topological polar surface area (TPSA) is 50.4 Å². The highest BCUT2D eigenvalue weighted by molar-refractivity contribution is 6.13. The molecular formula is C21H27N3O2. The van der Waals surface area contributed by atoms with Crippen LogP contribution in [0.25, 0.3) is 21.8 Å². The van der Waals surface area contributed by atoms with Gasteiger partial charge in [-0.2, -0.15) is 0 Å². The fourth-order valence-corrected chi connectivity index (χ4v) is 3.61. The lowest BCUT2D eigenvalue weighted by atomic mass is 10.1. The number of rotatable bonds is 5. The molecule has 1 saturated heterocycles. The van der Waals surface area contributed by atoms with Crippen LogP contribution in [-0.2, 0) is 0 Å². The van der Waals surface area contributed by atoms with Gasteiger partial charge in [-0.05, 0) is 45.2 Å². The van der Waals surface area contributed by atoms with Crippen molar-refractivity contribution in [2.75, 3.05) is 25.1 Å². The van der Waals surface area contributed by atoms with Gasteiger partial charge in [-0.1, -0.05) is 6.92 Å². The lowest BCUT2D eigenvalue weighted by Gasteiger charge is -2.26. The number of fused-ring (bicyclic) bond motifs is 3. The number of aromatic nitrogens is 2. The minimum atomic E-state index is -0.241. The molecule has 4 rings (SSSR count). The largest absolute Gasteiger partial charge is 0.493 e. The predicted molar refractivity (Wildman–Crippen MR) is 107 cm³/mol. The number of aromatic amines is 1. The van der Waals surface area contributed by atoms with Gasteiger partial charge in [0.25, 0.3) is 0 Å². The van der Waals surface area contributed by atoms with E-state index in [2.05, 4.69) is 42.8 Å². The summed E-state index contributed by atoms with van der Waals surface area (Å²) in [6.07, 6.45) is 5.27. The van der Waals surface area contributed by atoms with Crippen molar-refractivity contribution in [1.82, 2.24) is 9.97 Å². The van der Waals surface area contributed by atoms with Crippen molar-refractivity contribution in [1.29, 1.82) is 0 Å².